The molecule has 1 unspecified atom stereocenters. The molecule has 8 heteroatoms. The topological polar surface area (TPSA) is 90.9 Å². The number of morpholine rings is 1. The van der Waals surface area contributed by atoms with E-state index < -0.39 is 16.3 Å². The SMILES string of the molecule is CC(O)CNCCNS(=O)(=O)N1CCOCC1. The maximum Gasteiger partial charge on any atom is 0.279 e. The highest BCUT2D eigenvalue weighted by Gasteiger charge is 2.23. The summed E-state index contributed by atoms with van der Waals surface area (Å²) >= 11 is 0. The van der Waals surface area contributed by atoms with Gasteiger partial charge in [-0.2, -0.15) is 12.7 Å². The summed E-state index contributed by atoms with van der Waals surface area (Å²) < 4.78 is 32.5. The van der Waals surface area contributed by atoms with Gasteiger partial charge in [0.15, 0.2) is 0 Å². The predicted molar refractivity (Wildman–Crippen MR) is 63.9 cm³/mol. The largest absolute Gasteiger partial charge is 0.392 e. The van der Waals surface area contributed by atoms with Crippen LogP contribution < -0.4 is 10.0 Å². The molecule has 0 spiro atoms. The summed E-state index contributed by atoms with van der Waals surface area (Å²) in [6.45, 7) is 4.63. The van der Waals surface area contributed by atoms with E-state index in [1.54, 1.807) is 6.92 Å². The Labute approximate surface area is 102 Å². The van der Waals surface area contributed by atoms with Crippen LogP contribution in [-0.2, 0) is 14.9 Å². The summed E-state index contributed by atoms with van der Waals surface area (Å²) in [7, 11) is -3.38. The van der Waals surface area contributed by atoms with Gasteiger partial charge in [-0.3, -0.25) is 0 Å². The lowest BCUT2D eigenvalue weighted by Crippen LogP contribution is -2.48. The molecule has 0 aliphatic carbocycles. The zero-order valence-electron chi connectivity index (χ0n) is 10.1. The molecule has 17 heavy (non-hydrogen) atoms. The van der Waals surface area contributed by atoms with Crippen LogP contribution in [0.1, 0.15) is 6.92 Å². The van der Waals surface area contributed by atoms with E-state index in [0.29, 0.717) is 45.9 Å². The molecular weight excluding hydrogens is 246 g/mol. The third kappa shape index (κ3) is 5.75. The number of hydrogen-bond acceptors (Lipinski definition) is 5. The first-order valence-electron chi connectivity index (χ1n) is 5.73. The second kappa shape index (κ2) is 7.24. The van der Waals surface area contributed by atoms with Gasteiger partial charge in [-0.05, 0) is 6.92 Å². The first-order chi connectivity index (χ1) is 8.02. The molecule has 1 saturated heterocycles. The Kier molecular flexibility index (Phi) is 6.31. The summed E-state index contributed by atoms with van der Waals surface area (Å²) in [6, 6.07) is 0. The Bertz CT molecular complexity index is 301. The highest BCUT2D eigenvalue weighted by molar-refractivity contribution is 7.87. The van der Waals surface area contributed by atoms with E-state index in [9.17, 15) is 8.42 Å². The zero-order chi connectivity index (χ0) is 12.7. The number of nitrogens with one attached hydrogen (secondary N) is 2. The van der Waals surface area contributed by atoms with Crippen molar-refractivity contribution in [1.29, 1.82) is 0 Å². The predicted octanol–water partition coefficient (Wildman–Crippen LogP) is -1.88. The molecule has 1 heterocycles. The summed E-state index contributed by atoms with van der Waals surface area (Å²) in [4.78, 5) is 0. The summed E-state index contributed by atoms with van der Waals surface area (Å²) in [6.07, 6.45) is -0.425. The third-order valence-corrected chi connectivity index (χ3v) is 3.95. The molecule has 1 atom stereocenters. The van der Waals surface area contributed by atoms with Crippen molar-refractivity contribution in [3.8, 4) is 0 Å². The molecule has 7 nitrogen and oxygen atoms in total. The average Bonchev–Trinajstić information content (AvgIpc) is 2.29. The lowest BCUT2D eigenvalue weighted by atomic mass is 10.4. The van der Waals surface area contributed by atoms with Crippen LogP contribution in [0.3, 0.4) is 0 Å². The molecule has 1 aliphatic heterocycles. The number of aliphatic hydroxyl groups is 1. The number of ether oxygens (including phenoxy) is 1. The van der Waals surface area contributed by atoms with Gasteiger partial charge in [0.1, 0.15) is 0 Å². The van der Waals surface area contributed by atoms with Crippen LogP contribution >= 0.6 is 0 Å². The van der Waals surface area contributed by atoms with Crippen LogP contribution in [0.2, 0.25) is 0 Å². The monoisotopic (exact) mass is 267 g/mol. The second-order valence-electron chi connectivity index (χ2n) is 3.96. The molecule has 102 valence electrons. The fraction of sp³-hybridized carbons (Fsp3) is 1.00. The molecule has 0 radical (unpaired) electrons. The lowest BCUT2D eigenvalue weighted by molar-refractivity contribution is 0.0725. The Morgan fingerprint density at radius 3 is 2.59 bits per heavy atom. The van der Waals surface area contributed by atoms with Gasteiger partial charge in [-0.15, -0.1) is 0 Å². The highest BCUT2D eigenvalue weighted by Crippen LogP contribution is 2.01. The minimum Gasteiger partial charge on any atom is -0.392 e. The Hall–Kier alpha value is -0.250. The van der Waals surface area contributed by atoms with Crippen molar-refractivity contribution in [2.75, 3.05) is 45.9 Å². The maximum absolute atomic E-state index is 11.8. The van der Waals surface area contributed by atoms with Crippen molar-refractivity contribution in [2.45, 2.75) is 13.0 Å². The molecule has 0 bridgehead atoms. The summed E-state index contributed by atoms with van der Waals surface area (Å²) in [5.41, 5.74) is 0. The molecule has 0 amide bonds. The van der Waals surface area contributed by atoms with Crippen molar-refractivity contribution in [3.05, 3.63) is 0 Å². The molecule has 1 rings (SSSR count). The second-order valence-corrected chi connectivity index (χ2v) is 5.72. The van der Waals surface area contributed by atoms with Gasteiger partial charge in [0.05, 0.1) is 19.3 Å². The van der Waals surface area contributed by atoms with E-state index in [0.717, 1.165) is 0 Å². The Morgan fingerprint density at radius 2 is 2.00 bits per heavy atom. The van der Waals surface area contributed by atoms with Crippen LogP contribution in [0.15, 0.2) is 0 Å². The van der Waals surface area contributed by atoms with Crippen molar-refractivity contribution in [1.82, 2.24) is 14.3 Å². The van der Waals surface area contributed by atoms with Gasteiger partial charge < -0.3 is 15.2 Å². The van der Waals surface area contributed by atoms with Gasteiger partial charge in [-0.1, -0.05) is 0 Å². The van der Waals surface area contributed by atoms with Crippen LogP contribution in [0.25, 0.3) is 0 Å². The van der Waals surface area contributed by atoms with Crippen molar-refractivity contribution >= 4 is 10.2 Å². The van der Waals surface area contributed by atoms with Gasteiger partial charge in [-0.25, -0.2) is 4.72 Å². The van der Waals surface area contributed by atoms with Crippen LogP contribution in [0.4, 0.5) is 0 Å². The standard InChI is InChI=1S/C9H21N3O4S/c1-9(13)8-10-2-3-11-17(14,15)12-4-6-16-7-5-12/h9-11,13H,2-8H2,1H3. The van der Waals surface area contributed by atoms with Gasteiger partial charge in [0.2, 0.25) is 0 Å². The van der Waals surface area contributed by atoms with Crippen molar-refractivity contribution < 1.29 is 18.3 Å². The van der Waals surface area contributed by atoms with E-state index in [4.69, 9.17) is 9.84 Å². The highest BCUT2D eigenvalue weighted by atomic mass is 32.2. The van der Waals surface area contributed by atoms with E-state index in [2.05, 4.69) is 10.0 Å². The quantitative estimate of drug-likeness (QED) is 0.470. The van der Waals surface area contributed by atoms with E-state index in [1.165, 1.54) is 4.31 Å². The van der Waals surface area contributed by atoms with Crippen LogP contribution in [-0.4, -0.2) is 69.9 Å². The third-order valence-electron chi connectivity index (χ3n) is 2.34. The lowest BCUT2D eigenvalue weighted by Gasteiger charge is -2.26. The van der Waals surface area contributed by atoms with Gasteiger partial charge in [0, 0.05) is 32.7 Å². The normalized spacial score (nSPS) is 20.4. The molecular formula is C9H21N3O4S. The average molecular weight is 267 g/mol. The molecule has 0 saturated carbocycles. The first kappa shape index (κ1) is 14.8. The fourth-order valence-electron chi connectivity index (χ4n) is 1.46. The van der Waals surface area contributed by atoms with Crippen LogP contribution in [0, 0.1) is 0 Å². The minimum atomic E-state index is -3.38. The molecule has 0 aromatic heterocycles. The molecule has 3 N–H and O–H groups in total. The van der Waals surface area contributed by atoms with Gasteiger partial charge in [0.25, 0.3) is 10.2 Å². The Morgan fingerprint density at radius 1 is 1.35 bits per heavy atom. The minimum absolute atomic E-state index is 0.312. The van der Waals surface area contributed by atoms with E-state index >= 15 is 0 Å². The van der Waals surface area contributed by atoms with Crippen molar-refractivity contribution in [3.63, 3.8) is 0 Å². The molecule has 1 aliphatic rings. The van der Waals surface area contributed by atoms with E-state index in [1.807, 2.05) is 0 Å². The molecule has 0 aromatic rings. The van der Waals surface area contributed by atoms with Crippen molar-refractivity contribution in [2.24, 2.45) is 0 Å². The van der Waals surface area contributed by atoms with E-state index in [-0.39, 0.29) is 0 Å². The number of hydrogen-bond donors (Lipinski definition) is 3. The first-order valence-corrected chi connectivity index (χ1v) is 7.17. The molecule has 1 fully saturated rings. The Balaban J connectivity index is 2.20. The number of nitrogens with zero attached hydrogens (tertiary/aromatic N) is 1. The maximum atomic E-state index is 11.8. The summed E-state index contributed by atoms with van der Waals surface area (Å²) in [5, 5.41) is 11.9. The zero-order valence-corrected chi connectivity index (χ0v) is 10.9. The fourth-order valence-corrected chi connectivity index (χ4v) is 2.63. The number of aliphatic hydroxyl groups excluding tert-OH is 1. The van der Waals surface area contributed by atoms with Crippen LogP contribution in [0.5, 0.6) is 0 Å². The summed E-state index contributed by atoms with van der Waals surface area (Å²) in [5.74, 6) is 0. The smallest absolute Gasteiger partial charge is 0.279 e. The number of rotatable bonds is 7. The van der Waals surface area contributed by atoms with Gasteiger partial charge >= 0.3 is 0 Å². The molecule has 0 aromatic carbocycles.